The molecule has 0 aliphatic heterocycles. The molecule has 0 atom stereocenters. The molecule has 0 amide bonds. The molecule has 0 aliphatic rings. The van der Waals surface area contributed by atoms with Gasteiger partial charge >= 0.3 is 0 Å². The van der Waals surface area contributed by atoms with E-state index in [1.807, 2.05) is 0 Å². The van der Waals surface area contributed by atoms with E-state index < -0.39 is 5.82 Å². The van der Waals surface area contributed by atoms with Crippen LogP contribution in [-0.2, 0) is 6.54 Å². The Morgan fingerprint density at radius 2 is 1.78 bits per heavy atom. The van der Waals surface area contributed by atoms with Crippen LogP contribution in [0.25, 0.3) is 5.69 Å². The third-order valence-corrected chi connectivity index (χ3v) is 4.20. The van der Waals surface area contributed by atoms with Crippen LogP contribution in [-0.4, -0.2) is 20.2 Å². The topological polar surface area (TPSA) is 55.6 Å². The number of hydrogen-bond donors (Lipinski definition) is 1. The normalized spacial score (nSPS) is 10.8. The molecule has 3 rings (SSSR count). The van der Waals surface area contributed by atoms with E-state index in [1.165, 1.54) is 10.7 Å². The maximum atomic E-state index is 13.9. The summed E-state index contributed by atoms with van der Waals surface area (Å²) in [6.45, 7) is 0.158. The predicted octanol–water partition coefficient (Wildman–Crippen LogP) is 4.37. The zero-order valence-corrected chi connectivity index (χ0v) is 13.7. The molecule has 9 heteroatoms. The molecule has 3 aromatic rings. The SMILES string of the molecule is Fc1c(Cl)cccc1CNc1nnnn1-c1cccc(Cl)c1Cl. The van der Waals surface area contributed by atoms with E-state index in [0.717, 1.165) is 0 Å². The van der Waals surface area contributed by atoms with Crippen molar-refractivity contribution in [2.45, 2.75) is 6.54 Å². The fraction of sp³-hybridized carbons (Fsp3) is 0.0714. The summed E-state index contributed by atoms with van der Waals surface area (Å²) in [7, 11) is 0. The van der Waals surface area contributed by atoms with Crippen LogP contribution in [0.2, 0.25) is 15.1 Å². The first-order valence-corrected chi connectivity index (χ1v) is 7.61. The quantitative estimate of drug-likeness (QED) is 0.738. The lowest BCUT2D eigenvalue weighted by atomic mass is 10.2. The number of benzene rings is 2. The lowest BCUT2D eigenvalue weighted by Crippen LogP contribution is -2.09. The highest BCUT2D eigenvalue weighted by molar-refractivity contribution is 6.43. The van der Waals surface area contributed by atoms with Gasteiger partial charge in [0, 0.05) is 12.1 Å². The maximum Gasteiger partial charge on any atom is 0.248 e. The van der Waals surface area contributed by atoms with Crippen LogP contribution >= 0.6 is 34.8 Å². The molecular formula is C14H9Cl3FN5. The van der Waals surface area contributed by atoms with Gasteiger partial charge in [-0.3, -0.25) is 0 Å². The number of aromatic nitrogens is 4. The van der Waals surface area contributed by atoms with Crippen LogP contribution in [0.1, 0.15) is 5.56 Å². The van der Waals surface area contributed by atoms with Crippen LogP contribution in [0, 0.1) is 5.82 Å². The first-order chi connectivity index (χ1) is 11.1. The minimum atomic E-state index is -0.485. The highest BCUT2D eigenvalue weighted by atomic mass is 35.5. The number of halogens is 4. The standard InChI is InChI=1S/C14H9Cl3FN5/c15-9-4-2-6-11(12(9)17)23-14(20-21-22-23)19-7-8-3-1-5-10(16)13(8)18/h1-6H,7H2,(H,19,20,22). The summed E-state index contributed by atoms with van der Waals surface area (Å²) in [5.41, 5.74) is 0.905. The maximum absolute atomic E-state index is 13.9. The number of nitrogens with zero attached hydrogens (tertiary/aromatic N) is 4. The van der Waals surface area contributed by atoms with Crippen LogP contribution in [0.5, 0.6) is 0 Å². The fourth-order valence-electron chi connectivity index (χ4n) is 1.97. The van der Waals surface area contributed by atoms with E-state index in [4.69, 9.17) is 34.8 Å². The molecule has 2 aromatic carbocycles. The first-order valence-electron chi connectivity index (χ1n) is 6.47. The summed E-state index contributed by atoms with van der Waals surface area (Å²) in [6.07, 6.45) is 0. The summed E-state index contributed by atoms with van der Waals surface area (Å²) in [5.74, 6) is -0.185. The van der Waals surface area contributed by atoms with Gasteiger partial charge in [-0.1, -0.05) is 58.1 Å². The first kappa shape index (κ1) is 16.0. The summed E-state index contributed by atoms with van der Waals surface area (Å²) in [6, 6.07) is 9.87. The Labute approximate surface area is 146 Å². The van der Waals surface area contributed by atoms with Crippen molar-refractivity contribution < 1.29 is 4.39 Å². The van der Waals surface area contributed by atoms with Crippen LogP contribution in [0.4, 0.5) is 10.3 Å². The second kappa shape index (κ2) is 6.70. The molecule has 0 radical (unpaired) electrons. The molecule has 5 nitrogen and oxygen atoms in total. The molecule has 23 heavy (non-hydrogen) atoms. The minimum Gasteiger partial charge on any atom is -0.349 e. The molecular weight excluding hydrogens is 364 g/mol. The second-order valence-corrected chi connectivity index (χ2v) is 5.75. The molecule has 0 spiro atoms. The van der Waals surface area contributed by atoms with Gasteiger partial charge in [0.25, 0.3) is 0 Å². The van der Waals surface area contributed by atoms with Crippen molar-refractivity contribution in [3.8, 4) is 5.69 Å². The molecule has 1 N–H and O–H groups in total. The number of anilines is 1. The lowest BCUT2D eigenvalue weighted by molar-refractivity contribution is 0.613. The highest BCUT2D eigenvalue weighted by Gasteiger charge is 2.14. The van der Waals surface area contributed by atoms with Gasteiger partial charge in [0.1, 0.15) is 5.82 Å². The van der Waals surface area contributed by atoms with Crippen molar-refractivity contribution in [1.82, 2.24) is 20.2 Å². The number of hydrogen-bond acceptors (Lipinski definition) is 4. The van der Waals surface area contributed by atoms with E-state index in [2.05, 4.69) is 20.8 Å². The zero-order chi connectivity index (χ0) is 16.4. The smallest absolute Gasteiger partial charge is 0.248 e. The number of tetrazole rings is 1. The van der Waals surface area contributed by atoms with E-state index in [0.29, 0.717) is 27.2 Å². The summed E-state index contributed by atoms with van der Waals surface area (Å²) in [4.78, 5) is 0. The molecule has 0 aliphatic carbocycles. The largest absolute Gasteiger partial charge is 0.349 e. The van der Waals surface area contributed by atoms with Gasteiger partial charge in [-0.2, -0.15) is 4.68 Å². The van der Waals surface area contributed by atoms with Crippen molar-refractivity contribution in [3.63, 3.8) is 0 Å². The summed E-state index contributed by atoms with van der Waals surface area (Å²) >= 11 is 17.9. The molecule has 0 bridgehead atoms. The third-order valence-electron chi connectivity index (χ3n) is 3.10. The Hall–Kier alpha value is -1.89. The van der Waals surface area contributed by atoms with Crippen molar-refractivity contribution in [2.24, 2.45) is 0 Å². The van der Waals surface area contributed by atoms with Crippen molar-refractivity contribution in [1.29, 1.82) is 0 Å². The zero-order valence-electron chi connectivity index (χ0n) is 11.5. The van der Waals surface area contributed by atoms with E-state index in [-0.39, 0.29) is 11.6 Å². The third kappa shape index (κ3) is 3.24. The molecule has 118 valence electrons. The summed E-state index contributed by atoms with van der Waals surface area (Å²) in [5, 5.41) is 15.0. The fourth-order valence-corrected chi connectivity index (χ4v) is 2.54. The average molecular weight is 373 g/mol. The van der Waals surface area contributed by atoms with Crippen LogP contribution < -0.4 is 5.32 Å². The Morgan fingerprint density at radius 3 is 2.61 bits per heavy atom. The van der Waals surface area contributed by atoms with E-state index in [9.17, 15) is 4.39 Å². The predicted molar refractivity (Wildman–Crippen MR) is 87.9 cm³/mol. The van der Waals surface area contributed by atoms with Gasteiger partial charge in [0.2, 0.25) is 5.95 Å². The van der Waals surface area contributed by atoms with E-state index >= 15 is 0 Å². The van der Waals surface area contributed by atoms with E-state index in [1.54, 1.807) is 30.3 Å². The molecule has 1 aromatic heterocycles. The second-order valence-electron chi connectivity index (χ2n) is 4.55. The average Bonchev–Trinajstić information content (AvgIpc) is 3.00. The van der Waals surface area contributed by atoms with Gasteiger partial charge in [-0.05, 0) is 28.6 Å². The molecule has 0 saturated carbocycles. The highest BCUT2D eigenvalue weighted by Crippen LogP contribution is 2.29. The number of rotatable bonds is 4. The Bertz CT molecular complexity index is 852. The van der Waals surface area contributed by atoms with Crippen LogP contribution in [0.3, 0.4) is 0 Å². The lowest BCUT2D eigenvalue weighted by Gasteiger charge is -2.10. The molecule has 1 heterocycles. The Kier molecular flexibility index (Phi) is 4.66. The molecule has 0 fully saturated rings. The minimum absolute atomic E-state index is 0.0572. The van der Waals surface area contributed by atoms with Gasteiger partial charge in [0.05, 0.1) is 20.8 Å². The monoisotopic (exact) mass is 371 g/mol. The van der Waals surface area contributed by atoms with Gasteiger partial charge < -0.3 is 5.32 Å². The van der Waals surface area contributed by atoms with Crippen LogP contribution in [0.15, 0.2) is 36.4 Å². The molecule has 0 unspecified atom stereocenters. The van der Waals surface area contributed by atoms with Gasteiger partial charge in [-0.15, -0.1) is 0 Å². The Morgan fingerprint density at radius 1 is 1.04 bits per heavy atom. The molecule has 0 saturated heterocycles. The number of nitrogens with one attached hydrogen (secondary N) is 1. The van der Waals surface area contributed by atoms with Crippen molar-refractivity contribution in [3.05, 3.63) is 62.8 Å². The van der Waals surface area contributed by atoms with Gasteiger partial charge in [-0.25, -0.2) is 4.39 Å². The van der Waals surface area contributed by atoms with Gasteiger partial charge in [0.15, 0.2) is 0 Å². The summed E-state index contributed by atoms with van der Waals surface area (Å²) < 4.78 is 15.3. The Balaban J connectivity index is 1.87. The van der Waals surface area contributed by atoms with Crippen molar-refractivity contribution in [2.75, 3.05) is 5.32 Å². The van der Waals surface area contributed by atoms with Crippen molar-refractivity contribution >= 4 is 40.8 Å².